The lowest BCUT2D eigenvalue weighted by Gasteiger charge is -2.29. The first-order chi connectivity index (χ1) is 17.5. The molecule has 3 rings (SSSR count). The van der Waals surface area contributed by atoms with E-state index in [0.29, 0.717) is 28.0 Å². The van der Waals surface area contributed by atoms with Gasteiger partial charge in [-0.1, -0.05) is 41.4 Å². The number of hydrogen-bond acceptors (Lipinski definition) is 5. The minimum absolute atomic E-state index is 0.119. The average Bonchev–Trinajstić information content (AvgIpc) is 3.30. The number of Topliss-reactive ketones (excluding diaryl/α,β-unsaturated/α-hetero) is 1. The molecule has 0 amide bonds. The Morgan fingerprint density at radius 3 is 2.11 bits per heavy atom. The highest BCUT2D eigenvalue weighted by Crippen LogP contribution is 2.38. The summed E-state index contributed by atoms with van der Waals surface area (Å²) >= 11 is 14.1. The molecule has 0 aliphatic heterocycles. The van der Waals surface area contributed by atoms with Crippen molar-refractivity contribution in [3.63, 3.8) is 0 Å². The van der Waals surface area contributed by atoms with Gasteiger partial charge in [0.25, 0.3) is 0 Å². The lowest BCUT2D eigenvalue weighted by molar-refractivity contribution is -0.170. The molecule has 0 atom stereocenters. The van der Waals surface area contributed by atoms with Crippen LogP contribution in [0.5, 0.6) is 5.75 Å². The summed E-state index contributed by atoms with van der Waals surface area (Å²) in [6, 6.07) is 9.74. The number of alkyl halides is 3. The molecule has 0 spiro atoms. The SMILES string of the molecule is CC(C)(C)OC(=O)C(C)(C)Oc1ccc(CCC(=O)c2cc(-c3ccc(C(F)(F)F)cc3)cs2)c(Cl)c1Cl. The van der Waals surface area contributed by atoms with Gasteiger partial charge < -0.3 is 9.47 Å². The first-order valence-electron chi connectivity index (χ1n) is 11.7. The number of aryl methyl sites for hydroxylation is 1. The molecule has 204 valence electrons. The Hall–Kier alpha value is -2.55. The Kier molecular flexibility index (Phi) is 8.91. The van der Waals surface area contributed by atoms with Gasteiger partial charge in [-0.3, -0.25) is 4.79 Å². The maximum atomic E-state index is 12.8. The van der Waals surface area contributed by atoms with Gasteiger partial charge >= 0.3 is 12.1 Å². The van der Waals surface area contributed by atoms with E-state index in [9.17, 15) is 22.8 Å². The Balaban J connectivity index is 1.66. The molecule has 0 fully saturated rings. The molecule has 0 saturated heterocycles. The van der Waals surface area contributed by atoms with E-state index in [1.54, 1.807) is 58.2 Å². The number of carbonyl (C=O) groups excluding carboxylic acids is 2. The number of carbonyl (C=O) groups is 2. The molecule has 4 nitrogen and oxygen atoms in total. The minimum atomic E-state index is -4.41. The largest absolute Gasteiger partial charge is 0.475 e. The third-order valence-electron chi connectivity index (χ3n) is 5.42. The van der Waals surface area contributed by atoms with E-state index in [-0.39, 0.29) is 28.0 Å². The van der Waals surface area contributed by atoms with Crippen LogP contribution >= 0.6 is 34.5 Å². The maximum Gasteiger partial charge on any atom is 0.416 e. The van der Waals surface area contributed by atoms with Crippen LogP contribution in [0, 0.1) is 0 Å². The molecule has 3 aromatic rings. The van der Waals surface area contributed by atoms with Crippen molar-refractivity contribution < 1.29 is 32.2 Å². The summed E-state index contributed by atoms with van der Waals surface area (Å²) in [6.45, 7) is 8.40. The van der Waals surface area contributed by atoms with E-state index >= 15 is 0 Å². The summed E-state index contributed by atoms with van der Waals surface area (Å²) in [5, 5.41) is 2.07. The van der Waals surface area contributed by atoms with Crippen LogP contribution < -0.4 is 4.74 Å². The van der Waals surface area contributed by atoms with Crippen LogP contribution in [0.25, 0.3) is 11.1 Å². The molecule has 1 aromatic heterocycles. The number of ketones is 1. The normalized spacial score (nSPS) is 12.4. The van der Waals surface area contributed by atoms with Gasteiger partial charge in [0.05, 0.1) is 15.5 Å². The molecule has 0 aliphatic rings. The van der Waals surface area contributed by atoms with Crippen LogP contribution in [0.3, 0.4) is 0 Å². The van der Waals surface area contributed by atoms with E-state index < -0.39 is 28.9 Å². The van der Waals surface area contributed by atoms with Crippen LogP contribution in [-0.4, -0.2) is 23.0 Å². The van der Waals surface area contributed by atoms with Crippen LogP contribution in [0.2, 0.25) is 10.0 Å². The van der Waals surface area contributed by atoms with Crippen molar-refractivity contribution >= 4 is 46.3 Å². The fraction of sp³-hybridized carbons (Fsp3) is 0.357. The third-order valence-corrected chi connectivity index (χ3v) is 7.30. The Morgan fingerprint density at radius 1 is 0.895 bits per heavy atom. The standard InChI is InChI=1S/C28H27Cl2F3O4S/c1-26(2,3)37-25(35)27(4,5)36-21-13-9-17(23(29)24(21)30)8-12-20(34)22-14-18(15-38-22)16-6-10-19(11-7-16)28(31,32)33/h6-7,9-11,13-15H,8,12H2,1-5H3. The number of rotatable bonds is 8. The zero-order valence-corrected chi connectivity index (χ0v) is 23.8. The van der Waals surface area contributed by atoms with Crippen LogP contribution in [0.4, 0.5) is 13.2 Å². The van der Waals surface area contributed by atoms with Crippen LogP contribution in [0.15, 0.2) is 47.8 Å². The predicted octanol–water partition coefficient (Wildman–Crippen LogP) is 9.06. The first-order valence-corrected chi connectivity index (χ1v) is 13.3. The molecule has 2 aromatic carbocycles. The van der Waals surface area contributed by atoms with Crippen molar-refractivity contribution in [2.75, 3.05) is 0 Å². The monoisotopic (exact) mass is 586 g/mol. The second kappa shape index (κ2) is 11.3. The van der Waals surface area contributed by atoms with Gasteiger partial charge in [0.15, 0.2) is 11.4 Å². The lowest BCUT2D eigenvalue weighted by Crippen LogP contribution is -2.43. The molecular formula is C28H27Cl2F3O4S. The quantitative estimate of drug-likeness (QED) is 0.195. The number of esters is 1. The smallest absolute Gasteiger partial charge is 0.416 e. The van der Waals surface area contributed by atoms with Gasteiger partial charge in [-0.25, -0.2) is 4.79 Å². The van der Waals surface area contributed by atoms with Gasteiger partial charge in [0.1, 0.15) is 16.4 Å². The molecule has 0 unspecified atom stereocenters. The van der Waals surface area contributed by atoms with Crippen molar-refractivity contribution in [2.45, 2.75) is 64.8 Å². The van der Waals surface area contributed by atoms with E-state index in [0.717, 1.165) is 12.1 Å². The summed E-state index contributed by atoms with van der Waals surface area (Å²) in [4.78, 5) is 25.8. The van der Waals surface area contributed by atoms with Gasteiger partial charge in [-0.2, -0.15) is 13.2 Å². The summed E-state index contributed by atoms with van der Waals surface area (Å²) in [5.41, 5.74) is -0.839. The van der Waals surface area contributed by atoms with E-state index in [1.807, 2.05) is 0 Å². The van der Waals surface area contributed by atoms with Gasteiger partial charge in [0.2, 0.25) is 0 Å². The van der Waals surface area contributed by atoms with E-state index in [2.05, 4.69) is 0 Å². The summed E-state index contributed by atoms with van der Waals surface area (Å²) < 4.78 is 49.6. The Labute approximate surface area is 233 Å². The minimum Gasteiger partial charge on any atom is -0.475 e. The second-order valence-electron chi connectivity index (χ2n) is 10.2. The van der Waals surface area contributed by atoms with Gasteiger partial charge in [0, 0.05) is 6.42 Å². The molecule has 1 heterocycles. The molecule has 0 saturated carbocycles. The average molecular weight is 587 g/mol. The summed E-state index contributed by atoms with van der Waals surface area (Å²) in [6.07, 6.45) is -3.95. The van der Waals surface area contributed by atoms with Crippen molar-refractivity contribution in [3.05, 3.63) is 73.9 Å². The van der Waals surface area contributed by atoms with E-state index in [1.165, 1.54) is 23.5 Å². The fourth-order valence-corrected chi connectivity index (χ4v) is 4.78. The highest BCUT2D eigenvalue weighted by Gasteiger charge is 2.35. The summed E-state index contributed by atoms with van der Waals surface area (Å²) in [7, 11) is 0. The number of halogens is 5. The Bertz CT molecular complexity index is 1320. The van der Waals surface area contributed by atoms with Gasteiger partial charge in [-0.15, -0.1) is 11.3 Å². The zero-order chi connectivity index (χ0) is 28.5. The third kappa shape index (κ3) is 7.52. The highest BCUT2D eigenvalue weighted by molar-refractivity contribution is 7.12. The van der Waals surface area contributed by atoms with Crippen LogP contribution in [-0.2, 0) is 22.1 Å². The lowest BCUT2D eigenvalue weighted by atomic mass is 10.0. The van der Waals surface area contributed by atoms with Crippen molar-refractivity contribution in [2.24, 2.45) is 0 Å². The van der Waals surface area contributed by atoms with Gasteiger partial charge in [-0.05, 0) is 87.4 Å². The summed E-state index contributed by atoms with van der Waals surface area (Å²) in [5.74, 6) is -0.479. The number of ether oxygens (including phenoxy) is 2. The van der Waals surface area contributed by atoms with E-state index in [4.69, 9.17) is 32.7 Å². The van der Waals surface area contributed by atoms with Crippen LogP contribution in [0.1, 0.15) is 61.8 Å². The first kappa shape index (κ1) is 30.0. The topological polar surface area (TPSA) is 52.6 Å². The molecule has 0 bridgehead atoms. The van der Waals surface area contributed by atoms with Crippen molar-refractivity contribution in [1.82, 2.24) is 0 Å². The number of benzene rings is 2. The van der Waals surface area contributed by atoms with Crippen molar-refractivity contribution in [1.29, 1.82) is 0 Å². The molecule has 10 heteroatoms. The Morgan fingerprint density at radius 2 is 1.53 bits per heavy atom. The fourth-order valence-electron chi connectivity index (χ4n) is 3.42. The maximum absolute atomic E-state index is 12.8. The molecule has 38 heavy (non-hydrogen) atoms. The highest BCUT2D eigenvalue weighted by atomic mass is 35.5. The molecule has 0 aliphatic carbocycles. The molecular weight excluding hydrogens is 560 g/mol. The number of thiophene rings is 1. The predicted molar refractivity (Wildman–Crippen MR) is 144 cm³/mol. The van der Waals surface area contributed by atoms with Crippen molar-refractivity contribution in [3.8, 4) is 16.9 Å². The molecule has 0 N–H and O–H groups in total. The number of hydrogen-bond donors (Lipinski definition) is 0. The zero-order valence-electron chi connectivity index (χ0n) is 21.5. The molecule has 0 radical (unpaired) electrons. The second-order valence-corrected chi connectivity index (χ2v) is 11.8.